The predicted octanol–water partition coefficient (Wildman–Crippen LogP) is 2.94. The monoisotopic (exact) mass is 498 g/mol. The van der Waals surface area contributed by atoms with E-state index >= 15 is 0 Å². The summed E-state index contributed by atoms with van der Waals surface area (Å²) in [6, 6.07) is 11.7. The van der Waals surface area contributed by atoms with Crippen molar-refractivity contribution in [1.82, 2.24) is 4.31 Å². The quantitative estimate of drug-likeness (QED) is 0.441. The van der Waals surface area contributed by atoms with E-state index in [9.17, 15) is 18.0 Å². The van der Waals surface area contributed by atoms with Crippen LogP contribution in [0.3, 0.4) is 0 Å². The predicted molar refractivity (Wildman–Crippen MR) is 123 cm³/mol. The zero-order valence-corrected chi connectivity index (χ0v) is 19.8. The highest BCUT2D eigenvalue weighted by Gasteiger charge is 2.27. The number of hydrogen-bond acceptors (Lipinski definition) is 7. The van der Waals surface area contributed by atoms with Gasteiger partial charge in [-0.25, -0.2) is 8.42 Å². The first-order valence-electron chi connectivity index (χ1n) is 9.79. The smallest absolute Gasteiger partial charge is 0.316 e. The lowest BCUT2D eigenvalue weighted by atomic mass is 10.2. The molecule has 1 saturated heterocycles. The Morgan fingerprint density at radius 1 is 1.19 bits per heavy atom. The molecule has 11 heteroatoms. The molecule has 1 fully saturated rings. The van der Waals surface area contributed by atoms with Crippen LogP contribution in [0.15, 0.2) is 52.3 Å². The number of thioether (sulfide) groups is 1. The van der Waals surface area contributed by atoms with Crippen LogP contribution in [0.25, 0.3) is 0 Å². The Bertz CT molecular complexity index is 1090. The number of nitrogens with zero attached hydrogens (tertiary/aromatic N) is 1. The lowest BCUT2D eigenvalue weighted by molar-refractivity contribution is -0.144. The van der Waals surface area contributed by atoms with Crippen molar-refractivity contribution in [1.29, 1.82) is 0 Å². The highest BCUT2D eigenvalue weighted by Crippen LogP contribution is 2.27. The Kier molecular flexibility index (Phi) is 8.55. The van der Waals surface area contributed by atoms with Crippen molar-refractivity contribution in [3.05, 3.63) is 53.1 Å². The molecule has 2 aromatic carbocycles. The zero-order chi connectivity index (χ0) is 23.1. The van der Waals surface area contributed by atoms with E-state index in [0.717, 1.165) is 10.5 Å². The number of carbonyl (C=O) groups is 2. The van der Waals surface area contributed by atoms with Crippen LogP contribution < -0.4 is 5.32 Å². The number of rotatable bonds is 8. The molecule has 1 aliphatic rings. The van der Waals surface area contributed by atoms with E-state index in [1.807, 2.05) is 31.2 Å². The van der Waals surface area contributed by atoms with Gasteiger partial charge in [-0.05, 0) is 36.8 Å². The molecule has 32 heavy (non-hydrogen) atoms. The van der Waals surface area contributed by atoms with Crippen molar-refractivity contribution in [3.8, 4) is 0 Å². The molecule has 0 spiro atoms. The van der Waals surface area contributed by atoms with E-state index in [1.54, 1.807) is 0 Å². The zero-order valence-electron chi connectivity index (χ0n) is 17.4. The Balaban J connectivity index is 1.56. The maximum Gasteiger partial charge on any atom is 0.316 e. The summed E-state index contributed by atoms with van der Waals surface area (Å²) in [6.45, 7) is 2.59. The lowest BCUT2D eigenvalue weighted by Crippen LogP contribution is -2.40. The van der Waals surface area contributed by atoms with Crippen LogP contribution >= 0.6 is 23.4 Å². The summed E-state index contributed by atoms with van der Waals surface area (Å²) in [5.74, 6) is -1.10. The van der Waals surface area contributed by atoms with Crippen molar-refractivity contribution >= 4 is 50.9 Å². The molecule has 1 aliphatic heterocycles. The van der Waals surface area contributed by atoms with Crippen molar-refractivity contribution < 1.29 is 27.5 Å². The highest BCUT2D eigenvalue weighted by atomic mass is 35.5. The summed E-state index contributed by atoms with van der Waals surface area (Å²) in [5.41, 5.74) is 1.17. The molecule has 1 N–H and O–H groups in total. The van der Waals surface area contributed by atoms with Crippen LogP contribution in [0, 0.1) is 6.92 Å². The summed E-state index contributed by atoms with van der Waals surface area (Å²) in [4.78, 5) is 25.2. The Hall–Kier alpha value is -2.11. The summed E-state index contributed by atoms with van der Waals surface area (Å²) in [6.07, 6.45) is 0. The van der Waals surface area contributed by atoms with Gasteiger partial charge in [-0.1, -0.05) is 29.8 Å². The maximum absolute atomic E-state index is 12.8. The topological polar surface area (TPSA) is 102 Å². The van der Waals surface area contributed by atoms with E-state index < -0.39 is 28.5 Å². The summed E-state index contributed by atoms with van der Waals surface area (Å²) >= 11 is 7.44. The first kappa shape index (κ1) is 24.5. The van der Waals surface area contributed by atoms with Crippen LogP contribution in [0.1, 0.15) is 5.56 Å². The van der Waals surface area contributed by atoms with Crippen molar-refractivity contribution in [2.45, 2.75) is 16.7 Å². The van der Waals surface area contributed by atoms with Crippen molar-refractivity contribution in [3.63, 3.8) is 0 Å². The minimum absolute atomic E-state index is 0.00530. The number of hydrogen-bond donors (Lipinski definition) is 1. The standard InChI is InChI=1S/C21H23ClN2O6S2/c1-15-4-2-3-5-19(15)31-14-21(26)30-13-20(25)23-18-12-16(6-7-17(18)22)32(27,28)24-8-10-29-11-9-24/h2-7,12H,8-11,13-14H2,1H3,(H,23,25). The summed E-state index contributed by atoms with van der Waals surface area (Å²) in [5, 5.41) is 2.67. The number of benzene rings is 2. The van der Waals surface area contributed by atoms with Gasteiger partial charge in [-0.3, -0.25) is 9.59 Å². The van der Waals surface area contributed by atoms with Crippen LogP contribution in [0.5, 0.6) is 0 Å². The number of ether oxygens (including phenoxy) is 2. The number of amides is 1. The normalized spacial score (nSPS) is 14.7. The molecule has 8 nitrogen and oxygen atoms in total. The first-order chi connectivity index (χ1) is 15.3. The van der Waals surface area contributed by atoms with E-state index in [4.69, 9.17) is 21.1 Å². The van der Waals surface area contributed by atoms with Gasteiger partial charge in [-0.2, -0.15) is 4.31 Å². The highest BCUT2D eigenvalue weighted by molar-refractivity contribution is 8.00. The molecule has 1 heterocycles. The number of carbonyl (C=O) groups excluding carboxylic acids is 2. The minimum Gasteiger partial charge on any atom is -0.455 e. The lowest BCUT2D eigenvalue weighted by Gasteiger charge is -2.26. The largest absolute Gasteiger partial charge is 0.455 e. The molecule has 1 amide bonds. The Morgan fingerprint density at radius 3 is 2.62 bits per heavy atom. The first-order valence-corrected chi connectivity index (χ1v) is 12.6. The number of anilines is 1. The molecular formula is C21H23ClN2O6S2. The van der Waals surface area contributed by atoms with Gasteiger partial charge >= 0.3 is 5.97 Å². The molecule has 0 radical (unpaired) electrons. The van der Waals surface area contributed by atoms with Gasteiger partial charge in [0.25, 0.3) is 5.91 Å². The minimum atomic E-state index is -3.74. The SMILES string of the molecule is Cc1ccccc1SCC(=O)OCC(=O)Nc1cc(S(=O)(=O)N2CCOCC2)ccc1Cl. The van der Waals surface area contributed by atoms with Crippen LogP contribution in [-0.2, 0) is 29.1 Å². The Labute approximate surface area is 196 Å². The van der Waals surface area contributed by atoms with Gasteiger partial charge < -0.3 is 14.8 Å². The third-order valence-corrected chi connectivity index (χ3v) is 8.00. The number of halogens is 1. The fourth-order valence-electron chi connectivity index (χ4n) is 2.93. The second-order valence-corrected chi connectivity index (χ2v) is 10.3. The van der Waals surface area contributed by atoms with Gasteiger partial charge in [0.05, 0.1) is 34.6 Å². The average Bonchev–Trinajstić information content (AvgIpc) is 2.79. The van der Waals surface area contributed by atoms with E-state index in [2.05, 4.69) is 5.32 Å². The van der Waals surface area contributed by atoms with E-state index in [-0.39, 0.29) is 34.4 Å². The van der Waals surface area contributed by atoms with Gasteiger partial charge in [0.1, 0.15) is 0 Å². The molecule has 0 atom stereocenters. The molecule has 0 aliphatic carbocycles. The molecule has 0 aromatic heterocycles. The van der Waals surface area contributed by atoms with Crippen molar-refractivity contribution in [2.75, 3.05) is 44.0 Å². The molecular weight excluding hydrogens is 476 g/mol. The number of aryl methyl sites for hydroxylation is 1. The van der Waals surface area contributed by atoms with E-state index in [1.165, 1.54) is 34.3 Å². The molecule has 0 unspecified atom stereocenters. The Morgan fingerprint density at radius 2 is 1.91 bits per heavy atom. The summed E-state index contributed by atoms with van der Waals surface area (Å²) in [7, 11) is -3.74. The maximum atomic E-state index is 12.8. The number of morpholine rings is 1. The van der Waals surface area contributed by atoms with Gasteiger partial charge in [0.2, 0.25) is 10.0 Å². The molecule has 2 aromatic rings. The van der Waals surface area contributed by atoms with Crippen LogP contribution in [-0.4, -0.2) is 63.3 Å². The number of sulfonamides is 1. The third-order valence-electron chi connectivity index (χ3n) is 4.62. The van der Waals surface area contributed by atoms with Gasteiger partial charge in [0, 0.05) is 18.0 Å². The van der Waals surface area contributed by atoms with Crippen molar-refractivity contribution in [2.24, 2.45) is 0 Å². The summed E-state index contributed by atoms with van der Waals surface area (Å²) < 4.78 is 37.1. The molecule has 0 saturated carbocycles. The second kappa shape index (κ2) is 11.2. The number of esters is 1. The molecule has 172 valence electrons. The fraction of sp³-hybridized carbons (Fsp3) is 0.333. The third kappa shape index (κ3) is 6.46. The van der Waals surface area contributed by atoms with Gasteiger partial charge in [0.15, 0.2) is 6.61 Å². The number of nitrogens with one attached hydrogen (secondary N) is 1. The molecule has 0 bridgehead atoms. The second-order valence-electron chi connectivity index (χ2n) is 6.92. The molecule has 3 rings (SSSR count). The van der Waals surface area contributed by atoms with E-state index in [0.29, 0.717) is 13.2 Å². The van der Waals surface area contributed by atoms with Crippen LogP contribution in [0.4, 0.5) is 5.69 Å². The average molecular weight is 499 g/mol. The van der Waals surface area contributed by atoms with Gasteiger partial charge in [-0.15, -0.1) is 11.8 Å². The van der Waals surface area contributed by atoms with Crippen LogP contribution in [0.2, 0.25) is 5.02 Å². The fourth-order valence-corrected chi connectivity index (χ4v) is 5.35.